The smallest absolute Gasteiger partial charge is 0.253 e. The van der Waals surface area contributed by atoms with Crippen molar-refractivity contribution in [2.75, 3.05) is 11.9 Å². The van der Waals surface area contributed by atoms with Crippen LogP contribution in [0, 0.1) is 0 Å². The zero-order valence-electron chi connectivity index (χ0n) is 13.6. The first-order chi connectivity index (χ1) is 12.1. The van der Waals surface area contributed by atoms with Gasteiger partial charge in [0.15, 0.2) is 5.13 Å². The Morgan fingerprint density at radius 1 is 1.28 bits per heavy atom. The molecule has 0 saturated carbocycles. The summed E-state index contributed by atoms with van der Waals surface area (Å²) in [5.74, 6) is -0.274. The molecule has 1 saturated heterocycles. The van der Waals surface area contributed by atoms with Crippen molar-refractivity contribution < 1.29 is 13.2 Å². The van der Waals surface area contributed by atoms with E-state index >= 15 is 0 Å². The predicted molar refractivity (Wildman–Crippen MR) is 98.6 cm³/mol. The van der Waals surface area contributed by atoms with Crippen molar-refractivity contribution >= 4 is 43.7 Å². The monoisotopic (exact) mass is 397 g/mol. The molecule has 3 heterocycles. The molecule has 0 unspecified atom stereocenters. The van der Waals surface area contributed by atoms with E-state index in [1.807, 2.05) is 0 Å². The number of nitrogens with zero attached hydrogens (tertiary/aromatic N) is 2. The molecule has 1 aliphatic carbocycles. The number of rotatable bonds is 4. The van der Waals surface area contributed by atoms with E-state index < -0.39 is 16.1 Å². The number of thiophene rings is 1. The third kappa shape index (κ3) is 3.25. The maximum Gasteiger partial charge on any atom is 0.253 e. The van der Waals surface area contributed by atoms with Crippen molar-refractivity contribution in [1.29, 1.82) is 0 Å². The van der Waals surface area contributed by atoms with Crippen LogP contribution in [0.2, 0.25) is 0 Å². The molecule has 4 rings (SSSR count). The van der Waals surface area contributed by atoms with Gasteiger partial charge in [-0.15, -0.1) is 22.7 Å². The van der Waals surface area contributed by atoms with Crippen molar-refractivity contribution in [3.63, 3.8) is 0 Å². The van der Waals surface area contributed by atoms with Crippen LogP contribution in [0.25, 0.3) is 0 Å². The number of hydrogen-bond donors (Lipinski definition) is 1. The molecule has 1 fully saturated rings. The fourth-order valence-electron chi connectivity index (χ4n) is 3.41. The maximum atomic E-state index is 12.8. The Balaban J connectivity index is 1.52. The molecule has 1 N–H and O–H groups in total. The van der Waals surface area contributed by atoms with Gasteiger partial charge in [0.05, 0.1) is 5.69 Å². The minimum absolute atomic E-state index is 0.274. The Hall–Kier alpha value is -1.29. The highest BCUT2D eigenvalue weighted by atomic mass is 32.2. The first kappa shape index (κ1) is 17.1. The molecular formula is C16H19N3O3S3. The summed E-state index contributed by atoms with van der Waals surface area (Å²) in [6.45, 7) is 0.382. The first-order valence-electron chi connectivity index (χ1n) is 8.40. The number of thiazole rings is 1. The van der Waals surface area contributed by atoms with E-state index in [2.05, 4.69) is 10.3 Å². The minimum atomic E-state index is -3.61. The largest absolute Gasteiger partial charge is 0.301 e. The van der Waals surface area contributed by atoms with Gasteiger partial charge in [-0.05, 0) is 50.0 Å². The van der Waals surface area contributed by atoms with E-state index in [1.54, 1.807) is 17.5 Å². The Kier molecular flexibility index (Phi) is 4.65. The van der Waals surface area contributed by atoms with E-state index in [9.17, 15) is 13.2 Å². The average Bonchev–Trinajstić information content (AvgIpc) is 3.33. The summed E-state index contributed by atoms with van der Waals surface area (Å²) >= 11 is 2.70. The number of anilines is 1. The van der Waals surface area contributed by atoms with Crippen LogP contribution in [0.1, 0.15) is 36.3 Å². The van der Waals surface area contributed by atoms with Gasteiger partial charge in [0, 0.05) is 11.4 Å². The van der Waals surface area contributed by atoms with Gasteiger partial charge in [0.25, 0.3) is 10.0 Å². The van der Waals surface area contributed by atoms with Gasteiger partial charge in [-0.25, -0.2) is 13.4 Å². The second-order valence-electron chi connectivity index (χ2n) is 6.29. The quantitative estimate of drug-likeness (QED) is 0.860. The first-order valence-corrected chi connectivity index (χ1v) is 11.5. The van der Waals surface area contributed by atoms with Crippen LogP contribution in [0.4, 0.5) is 5.13 Å². The van der Waals surface area contributed by atoms with Gasteiger partial charge < -0.3 is 5.32 Å². The Bertz CT molecular complexity index is 850. The summed E-state index contributed by atoms with van der Waals surface area (Å²) in [5.41, 5.74) is 1.08. The molecule has 2 aromatic heterocycles. The lowest BCUT2D eigenvalue weighted by molar-refractivity contribution is -0.119. The van der Waals surface area contributed by atoms with Crippen LogP contribution < -0.4 is 5.32 Å². The van der Waals surface area contributed by atoms with Gasteiger partial charge in [0.2, 0.25) is 5.91 Å². The number of carbonyl (C=O) groups is 1. The highest BCUT2D eigenvalue weighted by molar-refractivity contribution is 7.91. The third-order valence-corrected chi connectivity index (χ3v) is 8.99. The summed E-state index contributed by atoms with van der Waals surface area (Å²) in [4.78, 5) is 18.5. The predicted octanol–water partition coefficient (Wildman–Crippen LogP) is 2.88. The van der Waals surface area contributed by atoms with Gasteiger partial charge in [-0.3, -0.25) is 4.79 Å². The molecule has 2 aliphatic rings. The van der Waals surface area contributed by atoms with E-state index in [0.717, 1.165) is 31.4 Å². The zero-order chi connectivity index (χ0) is 17.4. The van der Waals surface area contributed by atoms with Crippen LogP contribution in [0.5, 0.6) is 0 Å². The summed E-state index contributed by atoms with van der Waals surface area (Å²) in [5, 5.41) is 5.18. The highest BCUT2D eigenvalue weighted by Crippen LogP contribution is 2.32. The molecule has 0 spiro atoms. The SMILES string of the molecule is O=C(Nc1nc2c(s1)CCCC2)[C@H]1CCCN1S(=O)(=O)c1cccs1. The molecule has 134 valence electrons. The molecule has 25 heavy (non-hydrogen) atoms. The number of fused-ring (bicyclic) bond motifs is 1. The summed E-state index contributed by atoms with van der Waals surface area (Å²) in [6.07, 6.45) is 5.52. The van der Waals surface area contributed by atoms with Crippen molar-refractivity contribution in [2.45, 2.75) is 48.8 Å². The Labute approximate surface area is 154 Å². The lowest BCUT2D eigenvalue weighted by Crippen LogP contribution is -2.42. The fourth-order valence-corrected chi connectivity index (χ4v) is 7.24. The standard InChI is InChI=1S/C16H19N3O3S3/c20-15(18-16-17-11-5-1-2-7-13(11)24-16)12-6-3-9-19(12)25(21,22)14-8-4-10-23-14/h4,8,10,12H,1-3,5-7,9H2,(H,17,18,20)/t12-/m1/s1. The minimum Gasteiger partial charge on any atom is -0.301 e. The second-order valence-corrected chi connectivity index (χ2v) is 10.4. The van der Waals surface area contributed by atoms with Crippen LogP contribution in [0.3, 0.4) is 0 Å². The number of carbonyl (C=O) groups excluding carboxylic acids is 1. The number of aryl methyl sites for hydroxylation is 2. The molecule has 6 nitrogen and oxygen atoms in total. The second kappa shape index (κ2) is 6.79. The lowest BCUT2D eigenvalue weighted by Gasteiger charge is -2.22. The molecule has 1 aliphatic heterocycles. The zero-order valence-corrected chi connectivity index (χ0v) is 16.1. The molecular weight excluding hydrogens is 378 g/mol. The topological polar surface area (TPSA) is 79.4 Å². The molecule has 1 amide bonds. The molecule has 0 radical (unpaired) electrons. The molecule has 2 aromatic rings. The number of aromatic nitrogens is 1. The molecule has 1 atom stereocenters. The molecule has 0 bridgehead atoms. The van der Waals surface area contributed by atoms with Crippen LogP contribution in [-0.2, 0) is 27.7 Å². The van der Waals surface area contributed by atoms with E-state index in [1.165, 1.54) is 31.9 Å². The van der Waals surface area contributed by atoms with Gasteiger partial charge in [-0.2, -0.15) is 4.31 Å². The Morgan fingerprint density at radius 2 is 2.12 bits per heavy atom. The fraction of sp³-hybridized carbons (Fsp3) is 0.500. The van der Waals surface area contributed by atoms with Crippen LogP contribution in [-0.4, -0.2) is 36.2 Å². The maximum absolute atomic E-state index is 12.8. The number of sulfonamides is 1. The van der Waals surface area contributed by atoms with Gasteiger partial charge in [0.1, 0.15) is 10.3 Å². The summed E-state index contributed by atoms with van der Waals surface area (Å²) in [6, 6.07) is 2.64. The number of hydrogen-bond acceptors (Lipinski definition) is 6. The third-order valence-electron chi connectivity index (χ3n) is 4.64. The van der Waals surface area contributed by atoms with Gasteiger partial charge in [-0.1, -0.05) is 6.07 Å². The van der Waals surface area contributed by atoms with Crippen molar-refractivity contribution in [3.05, 3.63) is 28.1 Å². The summed E-state index contributed by atoms with van der Waals surface area (Å²) in [7, 11) is -3.61. The van der Waals surface area contributed by atoms with Crippen molar-refractivity contribution in [3.8, 4) is 0 Å². The van der Waals surface area contributed by atoms with Crippen molar-refractivity contribution in [1.82, 2.24) is 9.29 Å². The number of amides is 1. The number of nitrogens with one attached hydrogen (secondary N) is 1. The van der Waals surface area contributed by atoms with E-state index in [-0.39, 0.29) is 10.1 Å². The van der Waals surface area contributed by atoms with Gasteiger partial charge >= 0.3 is 0 Å². The van der Waals surface area contributed by atoms with Crippen LogP contribution >= 0.6 is 22.7 Å². The highest BCUT2D eigenvalue weighted by Gasteiger charge is 2.40. The van der Waals surface area contributed by atoms with E-state index in [0.29, 0.717) is 24.5 Å². The lowest BCUT2D eigenvalue weighted by atomic mass is 10.0. The summed E-state index contributed by atoms with van der Waals surface area (Å²) < 4.78 is 27.2. The average molecular weight is 398 g/mol. The van der Waals surface area contributed by atoms with Crippen LogP contribution in [0.15, 0.2) is 21.7 Å². The molecule has 9 heteroatoms. The Morgan fingerprint density at radius 3 is 2.88 bits per heavy atom. The van der Waals surface area contributed by atoms with E-state index in [4.69, 9.17) is 0 Å². The normalized spacial score (nSPS) is 21.2. The molecule has 0 aromatic carbocycles. The van der Waals surface area contributed by atoms with Crippen molar-refractivity contribution in [2.24, 2.45) is 0 Å².